The van der Waals surface area contributed by atoms with E-state index in [1.165, 1.54) is 24.8 Å². The lowest BCUT2D eigenvalue weighted by molar-refractivity contribution is -0.131. The van der Waals surface area contributed by atoms with Crippen molar-refractivity contribution in [2.75, 3.05) is 6.54 Å². The summed E-state index contributed by atoms with van der Waals surface area (Å²) in [6.07, 6.45) is 6.60. The maximum absolute atomic E-state index is 12.3. The molecule has 118 valence electrons. The Morgan fingerprint density at radius 1 is 1.05 bits per heavy atom. The van der Waals surface area contributed by atoms with Crippen LogP contribution >= 0.6 is 0 Å². The summed E-state index contributed by atoms with van der Waals surface area (Å²) < 4.78 is 0. The van der Waals surface area contributed by atoms with Crippen LogP contribution in [0.5, 0.6) is 0 Å². The molecule has 0 unspecified atom stereocenters. The van der Waals surface area contributed by atoms with E-state index in [9.17, 15) is 4.79 Å². The Morgan fingerprint density at radius 3 is 2.33 bits per heavy atom. The molecule has 0 heterocycles. The van der Waals surface area contributed by atoms with Gasteiger partial charge in [0.15, 0.2) is 0 Å². The molecule has 1 aromatic carbocycles. The summed E-state index contributed by atoms with van der Waals surface area (Å²) in [5, 5.41) is 0. The average Bonchev–Trinajstić information content (AvgIpc) is 2.52. The van der Waals surface area contributed by atoms with Crippen molar-refractivity contribution in [3.8, 4) is 0 Å². The van der Waals surface area contributed by atoms with E-state index in [4.69, 9.17) is 5.73 Å². The Balaban J connectivity index is 2.48. The number of unbranched alkanes of at least 4 members (excludes halogenated alkanes) is 4. The second-order valence-corrected chi connectivity index (χ2v) is 5.54. The summed E-state index contributed by atoms with van der Waals surface area (Å²) >= 11 is 0. The summed E-state index contributed by atoms with van der Waals surface area (Å²) in [4.78, 5) is 14.2. The molecule has 3 heteroatoms. The number of carbonyl (C=O) groups excluding carboxylic acids is 1. The van der Waals surface area contributed by atoms with Crippen LogP contribution in [0.2, 0.25) is 0 Å². The Kier molecular flexibility index (Phi) is 8.76. The van der Waals surface area contributed by atoms with E-state index in [2.05, 4.69) is 13.0 Å². The van der Waals surface area contributed by atoms with Crippen molar-refractivity contribution in [1.82, 2.24) is 4.90 Å². The Labute approximate surface area is 129 Å². The van der Waals surface area contributed by atoms with Gasteiger partial charge in [-0.15, -0.1) is 0 Å². The fourth-order valence-corrected chi connectivity index (χ4v) is 2.53. The second-order valence-electron chi connectivity index (χ2n) is 5.54. The third kappa shape index (κ3) is 6.30. The molecule has 0 radical (unpaired) electrons. The van der Waals surface area contributed by atoms with Crippen molar-refractivity contribution >= 4 is 5.91 Å². The third-order valence-electron chi connectivity index (χ3n) is 3.93. The van der Waals surface area contributed by atoms with Gasteiger partial charge in [0, 0.05) is 26.1 Å². The molecule has 1 aromatic rings. The number of nitrogens with zero attached hydrogens (tertiary/aromatic N) is 1. The maximum atomic E-state index is 12.3. The molecule has 0 saturated heterocycles. The van der Waals surface area contributed by atoms with Gasteiger partial charge in [-0.1, -0.05) is 56.9 Å². The largest absolute Gasteiger partial charge is 0.339 e. The highest BCUT2D eigenvalue weighted by atomic mass is 16.2. The Hall–Kier alpha value is -1.35. The van der Waals surface area contributed by atoms with Gasteiger partial charge in [-0.05, 0) is 24.5 Å². The fraction of sp³-hybridized carbons (Fsp3) is 0.611. The quantitative estimate of drug-likeness (QED) is 0.665. The van der Waals surface area contributed by atoms with Gasteiger partial charge < -0.3 is 10.6 Å². The van der Waals surface area contributed by atoms with Crippen LogP contribution in [0, 0.1) is 0 Å². The Morgan fingerprint density at radius 2 is 1.71 bits per heavy atom. The van der Waals surface area contributed by atoms with Crippen molar-refractivity contribution in [3.63, 3.8) is 0 Å². The van der Waals surface area contributed by atoms with Gasteiger partial charge in [0.1, 0.15) is 0 Å². The van der Waals surface area contributed by atoms with Crippen molar-refractivity contribution in [1.29, 1.82) is 0 Å². The van der Waals surface area contributed by atoms with Gasteiger partial charge in [0.05, 0.1) is 0 Å². The first-order valence-electron chi connectivity index (χ1n) is 8.27. The van der Waals surface area contributed by atoms with E-state index in [0.717, 1.165) is 24.9 Å². The third-order valence-corrected chi connectivity index (χ3v) is 3.93. The molecule has 2 N–H and O–H groups in total. The number of nitrogens with two attached hydrogens (primary N) is 1. The van der Waals surface area contributed by atoms with E-state index in [0.29, 0.717) is 19.5 Å². The van der Waals surface area contributed by atoms with Crippen molar-refractivity contribution in [2.45, 2.75) is 65.5 Å². The standard InChI is InChI=1S/C18H30N2O/c1-3-5-6-7-8-13-18(21)20(4-2)15-17-12-10-9-11-16(17)14-19/h9-12H,3-8,13-15,19H2,1-2H3. The zero-order chi connectivity index (χ0) is 15.5. The van der Waals surface area contributed by atoms with E-state index in [1.54, 1.807) is 0 Å². The SMILES string of the molecule is CCCCCCCC(=O)N(CC)Cc1ccccc1CN. The number of hydrogen-bond acceptors (Lipinski definition) is 2. The van der Waals surface area contributed by atoms with E-state index < -0.39 is 0 Å². The van der Waals surface area contributed by atoms with E-state index in [1.807, 2.05) is 30.0 Å². The molecule has 0 aliphatic heterocycles. The van der Waals surface area contributed by atoms with Crippen LogP contribution < -0.4 is 5.73 Å². The van der Waals surface area contributed by atoms with Crippen molar-refractivity contribution in [3.05, 3.63) is 35.4 Å². The van der Waals surface area contributed by atoms with E-state index >= 15 is 0 Å². The Bertz CT molecular complexity index is 417. The van der Waals surface area contributed by atoms with Crippen LogP contribution in [0.1, 0.15) is 63.5 Å². The molecule has 0 aliphatic rings. The molecule has 0 spiro atoms. The smallest absolute Gasteiger partial charge is 0.222 e. The summed E-state index contributed by atoms with van der Waals surface area (Å²) in [6.45, 7) is 6.21. The highest BCUT2D eigenvalue weighted by molar-refractivity contribution is 5.76. The van der Waals surface area contributed by atoms with Gasteiger partial charge in [0.25, 0.3) is 0 Å². The minimum atomic E-state index is 0.265. The van der Waals surface area contributed by atoms with Gasteiger partial charge >= 0.3 is 0 Å². The van der Waals surface area contributed by atoms with Crippen LogP contribution in [0.3, 0.4) is 0 Å². The van der Waals surface area contributed by atoms with E-state index in [-0.39, 0.29) is 5.91 Å². The zero-order valence-electron chi connectivity index (χ0n) is 13.6. The van der Waals surface area contributed by atoms with Gasteiger partial charge in [-0.3, -0.25) is 4.79 Å². The summed E-state index contributed by atoms with van der Waals surface area (Å²) in [7, 11) is 0. The number of benzene rings is 1. The highest BCUT2D eigenvalue weighted by Gasteiger charge is 2.13. The minimum Gasteiger partial charge on any atom is -0.339 e. The molecule has 0 aliphatic carbocycles. The van der Waals surface area contributed by atoms with Crippen LogP contribution in [0.25, 0.3) is 0 Å². The predicted octanol–water partition coefficient (Wildman–Crippen LogP) is 3.85. The zero-order valence-corrected chi connectivity index (χ0v) is 13.6. The minimum absolute atomic E-state index is 0.265. The lowest BCUT2D eigenvalue weighted by Gasteiger charge is -2.22. The number of carbonyl (C=O) groups is 1. The summed E-state index contributed by atoms with van der Waals surface area (Å²) in [5.41, 5.74) is 8.07. The molecule has 1 amide bonds. The van der Waals surface area contributed by atoms with Crippen molar-refractivity contribution < 1.29 is 4.79 Å². The first kappa shape index (κ1) is 17.7. The predicted molar refractivity (Wildman–Crippen MR) is 88.8 cm³/mol. The second kappa shape index (κ2) is 10.4. The lowest BCUT2D eigenvalue weighted by atomic mass is 10.1. The molecule has 0 atom stereocenters. The average molecular weight is 290 g/mol. The molecule has 21 heavy (non-hydrogen) atoms. The molecular formula is C18H30N2O. The molecule has 3 nitrogen and oxygen atoms in total. The van der Waals surface area contributed by atoms with Crippen molar-refractivity contribution in [2.24, 2.45) is 5.73 Å². The van der Waals surface area contributed by atoms with Crippen LogP contribution in [-0.4, -0.2) is 17.4 Å². The number of amides is 1. The normalized spacial score (nSPS) is 10.6. The summed E-state index contributed by atoms with van der Waals surface area (Å²) in [6, 6.07) is 8.12. The first-order chi connectivity index (χ1) is 10.2. The highest BCUT2D eigenvalue weighted by Crippen LogP contribution is 2.13. The molecule has 1 rings (SSSR count). The molecule has 0 bridgehead atoms. The molecule has 0 saturated carbocycles. The summed E-state index contributed by atoms with van der Waals surface area (Å²) in [5.74, 6) is 0.265. The van der Waals surface area contributed by atoms with Crippen LogP contribution in [0.4, 0.5) is 0 Å². The maximum Gasteiger partial charge on any atom is 0.222 e. The lowest BCUT2D eigenvalue weighted by Crippen LogP contribution is -2.30. The number of hydrogen-bond donors (Lipinski definition) is 1. The van der Waals surface area contributed by atoms with Gasteiger partial charge in [-0.2, -0.15) is 0 Å². The molecule has 0 aromatic heterocycles. The topological polar surface area (TPSA) is 46.3 Å². The number of rotatable bonds is 10. The van der Waals surface area contributed by atoms with Crippen LogP contribution in [-0.2, 0) is 17.9 Å². The molecular weight excluding hydrogens is 260 g/mol. The first-order valence-corrected chi connectivity index (χ1v) is 8.27. The molecule has 0 fully saturated rings. The monoisotopic (exact) mass is 290 g/mol. The fourth-order valence-electron chi connectivity index (χ4n) is 2.53. The van der Waals surface area contributed by atoms with Gasteiger partial charge in [0.2, 0.25) is 5.91 Å². The van der Waals surface area contributed by atoms with Gasteiger partial charge in [-0.25, -0.2) is 0 Å². The van der Waals surface area contributed by atoms with Crippen LogP contribution in [0.15, 0.2) is 24.3 Å².